The van der Waals surface area contributed by atoms with E-state index >= 15 is 0 Å². The van der Waals surface area contributed by atoms with Gasteiger partial charge >= 0.3 is 11.9 Å². The van der Waals surface area contributed by atoms with Crippen LogP contribution in [0.2, 0.25) is 0 Å². The fraction of sp³-hybridized carbons (Fsp3) is 0.818. The van der Waals surface area contributed by atoms with Crippen LogP contribution >= 0.6 is 0 Å². The first-order valence-electron chi connectivity index (χ1n) is 5.36. The van der Waals surface area contributed by atoms with Gasteiger partial charge in [-0.1, -0.05) is 13.3 Å². The average Bonchev–Trinajstić information content (AvgIpc) is 2.16. The molecule has 0 aliphatic rings. The van der Waals surface area contributed by atoms with Crippen molar-refractivity contribution in [3.8, 4) is 0 Å². The van der Waals surface area contributed by atoms with Crippen molar-refractivity contribution in [3.63, 3.8) is 0 Å². The Labute approximate surface area is 99.6 Å². The molecule has 0 bridgehead atoms. The quantitative estimate of drug-likeness (QED) is 0.791. The molecule has 0 aliphatic heterocycles. The van der Waals surface area contributed by atoms with E-state index in [2.05, 4.69) is 0 Å². The van der Waals surface area contributed by atoms with Gasteiger partial charge in [-0.3, -0.25) is 4.79 Å². The molecule has 0 amide bonds. The Bertz CT molecular complexity index is 252. The Morgan fingerprint density at radius 1 is 1.29 bits per heavy atom. The van der Waals surface area contributed by atoms with Gasteiger partial charge in [-0.25, -0.2) is 13.6 Å². The maximum atomic E-state index is 12.9. The number of hydrogen-bond acceptors (Lipinski definition) is 2. The zero-order chi connectivity index (χ0) is 14.2. The minimum Gasteiger partial charge on any atom is -0.481 e. The van der Waals surface area contributed by atoms with E-state index in [-0.39, 0.29) is 0 Å². The summed E-state index contributed by atoms with van der Waals surface area (Å²) < 4.78 is 24.6. The molecule has 0 rings (SSSR count). The van der Waals surface area contributed by atoms with Gasteiger partial charge in [0.05, 0.1) is 12.1 Å². The third kappa shape index (κ3) is 7.65. The molecule has 0 spiro atoms. The first-order chi connectivity index (χ1) is 7.57. The van der Waals surface area contributed by atoms with Crippen LogP contribution in [-0.4, -0.2) is 34.0 Å². The van der Waals surface area contributed by atoms with E-state index in [0.29, 0.717) is 6.42 Å². The standard InChI is InChI=1S/C6H9FO4.C5H11F/c1-3(4(8)9)6(2,7)5(10)11;1-3-4-5(2)6/h3H,1-2H3,(H,8,9)(H,10,11);5H,3-4H2,1-2H3. The molecule has 6 heteroatoms. The smallest absolute Gasteiger partial charge is 0.342 e. The molecule has 2 N–H and O–H groups in total. The van der Waals surface area contributed by atoms with E-state index in [1.165, 1.54) is 0 Å². The largest absolute Gasteiger partial charge is 0.481 e. The van der Waals surface area contributed by atoms with Crippen LogP contribution in [0, 0.1) is 5.92 Å². The maximum absolute atomic E-state index is 12.9. The number of carbonyl (C=O) groups is 2. The van der Waals surface area contributed by atoms with E-state index in [1.54, 1.807) is 6.92 Å². The van der Waals surface area contributed by atoms with Crippen molar-refractivity contribution in [1.82, 2.24) is 0 Å². The molecule has 0 heterocycles. The Kier molecular flexibility index (Phi) is 8.52. The summed E-state index contributed by atoms with van der Waals surface area (Å²) in [6.07, 6.45) is 1.06. The fourth-order valence-corrected chi connectivity index (χ4v) is 0.815. The minimum absolute atomic E-state index is 0.602. The highest BCUT2D eigenvalue weighted by Gasteiger charge is 2.43. The molecule has 0 saturated carbocycles. The Morgan fingerprint density at radius 2 is 1.71 bits per heavy atom. The highest BCUT2D eigenvalue weighted by Crippen LogP contribution is 2.21. The first-order valence-corrected chi connectivity index (χ1v) is 5.36. The van der Waals surface area contributed by atoms with E-state index in [4.69, 9.17) is 10.2 Å². The number of alkyl halides is 2. The molecule has 3 unspecified atom stereocenters. The minimum atomic E-state index is -2.70. The van der Waals surface area contributed by atoms with Gasteiger partial charge in [0.25, 0.3) is 0 Å². The van der Waals surface area contributed by atoms with Crippen LogP contribution in [0.3, 0.4) is 0 Å². The van der Waals surface area contributed by atoms with Gasteiger partial charge in [0.1, 0.15) is 0 Å². The molecule has 17 heavy (non-hydrogen) atoms. The molecule has 0 aromatic heterocycles. The third-order valence-corrected chi connectivity index (χ3v) is 2.29. The van der Waals surface area contributed by atoms with Crippen molar-refractivity contribution in [3.05, 3.63) is 0 Å². The lowest BCUT2D eigenvalue weighted by atomic mass is 9.93. The van der Waals surface area contributed by atoms with Gasteiger partial charge in [-0.15, -0.1) is 0 Å². The molecule has 0 saturated heterocycles. The maximum Gasteiger partial charge on any atom is 0.342 e. The molecule has 0 aromatic rings. The summed E-state index contributed by atoms with van der Waals surface area (Å²) in [6.45, 7) is 5.31. The molecule has 0 fully saturated rings. The van der Waals surface area contributed by atoms with Gasteiger partial charge in [0.15, 0.2) is 0 Å². The number of hydrogen-bond donors (Lipinski definition) is 2. The van der Waals surface area contributed by atoms with Gasteiger partial charge in [-0.2, -0.15) is 0 Å². The van der Waals surface area contributed by atoms with Crippen molar-refractivity contribution in [2.45, 2.75) is 52.4 Å². The second kappa shape index (κ2) is 7.97. The molecule has 0 aromatic carbocycles. The van der Waals surface area contributed by atoms with E-state index < -0.39 is 29.7 Å². The molecular weight excluding hydrogens is 234 g/mol. The SMILES string of the molecule is CC(C(=O)O)C(C)(F)C(=O)O.CCCC(C)F. The van der Waals surface area contributed by atoms with Crippen LogP contribution in [-0.2, 0) is 9.59 Å². The van der Waals surface area contributed by atoms with Gasteiger partial charge in [0, 0.05) is 0 Å². The molecule has 4 nitrogen and oxygen atoms in total. The lowest BCUT2D eigenvalue weighted by Gasteiger charge is -2.18. The highest BCUT2D eigenvalue weighted by atomic mass is 19.1. The molecule has 0 aliphatic carbocycles. The summed E-state index contributed by atoms with van der Waals surface area (Å²) >= 11 is 0. The molecule has 0 radical (unpaired) electrons. The Hall–Kier alpha value is -1.20. The summed E-state index contributed by atoms with van der Waals surface area (Å²) in [5.41, 5.74) is -2.70. The van der Waals surface area contributed by atoms with Gasteiger partial charge in [0.2, 0.25) is 5.67 Å². The lowest BCUT2D eigenvalue weighted by molar-refractivity contribution is -0.162. The molecule has 102 valence electrons. The van der Waals surface area contributed by atoms with E-state index in [0.717, 1.165) is 20.3 Å². The monoisotopic (exact) mass is 254 g/mol. The average molecular weight is 254 g/mol. The van der Waals surface area contributed by atoms with Crippen molar-refractivity contribution >= 4 is 11.9 Å². The van der Waals surface area contributed by atoms with Crippen LogP contribution in [0.4, 0.5) is 8.78 Å². The molecular formula is C11H20F2O4. The highest BCUT2D eigenvalue weighted by molar-refractivity contribution is 5.84. The summed E-state index contributed by atoms with van der Waals surface area (Å²) in [7, 11) is 0. The summed E-state index contributed by atoms with van der Waals surface area (Å²) in [5.74, 6) is -4.76. The van der Waals surface area contributed by atoms with Crippen LogP contribution in [0.15, 0.2) is 0 Å². The Morgan fingerprint density at radius 3 is 1.76 bits per heavy atom. The zero-order valence-electron chi connectivity index (χ0n) is 10.5. The fourth-order valence-electron chi connectivity index (χ4n) is 0.815. The third-order valence-electron chi connectivity index (χ3n) is 2.29. The van der Waals surface area contributed by atoms with Crippen LogP contribution in [0.1, 0.15) is 40.5 Å². The number of aliphatic carboxylic acids is 2. The lowest BCUT2D eigenvalue weighted by Crippen LogP contribution is -2.41. The summed E-state index contributed by atoms with van der Waals surface area (Å²) in [5, 5.41) is 16.5. The second-order valence-electron chi connectivity index (χ2n) is 4.01. The number of carboxylic acid groups (broad SMARTS) is 2. The van der Waals surface area contributed by atoms with Crippen LogP contribution in [0.25, 0.3) is 0 Å². The summed E-state index contributed by atoms with van der Waals surface area (Å²) in [6, 6.07) is 0. The first kappa shape index (κ1) is 18.2. The van der Waals surface area contributed by atoms with E-state index in [9.17, 15) is 18.4 Å². The number of halogens is 2. The number of carboxylic acids is 2. The second-order valence-corrected chi connectivity index (χ2v) is 4.01. The molecule has 3 atom stereocenters. The topological polar surface area (TPSA) is 74.6 Å². The van der Waals surface area contributed by atoms with Crippen molar-refractivity contribution in [2.75, 3.05) is 0 Å². The van der Waals surface area contributed by atoms with Crippen molar-refractivity contribution in [1.29, 1.82) is 0 Å². The van der Waals surface area contributed by atoms with Crippen LogP contribution < -0.4 is 0 Å². The Balaban J connectivity index is 0. The predicted molar refractivity (Wildman–Crippen MR) is 59.4 cm³/mol. The van der Waals surface area contributed by atoms with Gasteiger partial charge < -0.3 is 10.2 Å². The zero-order valence-corrected chi connectivity index (χ0v) is 10.5. The van der Waals surface area contributed by atoms with Crippen molar-refractivity contribution in [2.24, 2.45) is 5.92 Å². The predicted octanol–water partition coefficient (Wildman–Crippen LogP) is 2.66. The van der Waals surface area contributed by atoms with Crippen molar-refractivity contribution < 1.29 is 28.6 Å². The number of rotatable bonds is 5. The van der Waals surface area contributed by atoms with Gasteiger partial charge in [-0.05, 0) is 27.2 Å². The summed E-state index contributed by atoms with van der Waals surface area (Å²) in [4.78, 5) is 20.3. The van der Waals surface area contributed by atoms with Crippen LogP contribution in [0.5, 0.6) is 0 Å². The van der Waals surface area contributed by atoms with E-state index in [1.807, 2.05) is 6.92 Å². The normalized spacial score (nSPS) is 17.1.